The van der Waals surface area contributed by atoms with Crippen molar-refractivity contribution in [2.24, 2.45) is 0 Å². The summed E-state index contributed by atoms with van der Waals surface area (Å²) in [5.41, 5.74) is 0.541. The van der Waals surface area contributed by atoms with Crippen molar-refractivity contribution in [1.82, 2.24) is 4.72 Å². The predicted molar refractivity (Wildman–Crippen MR) is 85.1 cm³/mol. The van der Waals surface area contributed by atoms with E-state index in [2.05, 4.69) is 4.72 Å². The fraction of sp³-hybridized carbons (Fsp3) is 0.231. The minimum absolute atomic E-state index is 0.145. The van der Waals surface area contributed by atoms with Crippen molar-refractivity contribution in [2.75, 3.05) is 6.54 Å². The molecule has 0 atom stereocenters. The van der Waals surface area contributed by atoms with Gasteiger partial charge in [-0.3, -0.25) is 0 Å². The number of hydrogen-bond donors (Lipinski definition) is 1. The number of sulfonamides is 1. The third-order valence-electron chi connectivity index (χ3n) is 2.63. The van der Waals surface area contributed by atoms with E-state index in [9.17, 15) is 8.42 Å². The first kappa shape index (κ1) is 15.8. The maximum atomic E-state index is 12.0. The van der Waals surface area contributed by atoms with Gasteiger partial charge in [-0.2, -0.15) is 0 Å². The van der Waals surface area contributed by atoms with Crippen LogP contribution in [0.5, 0.6) is 0 Å². The molecule has 0 unspecified atom stereocenters. The molecule has 7 heteroatoms. The van der Waals surface area contributed by atoms with Crippen molar-refractivity contribution in [3.63, 3.8) is 0 Å². The quantitative estimate of drug-likeness (QED) is 0.863. The average Bonchev–Trinajstić information content (AvgIpc) is 2.85. The second kappa shape index (κ2) is 6.91. The van der Waals surface area contributed by atoms with Crippen LogP contribution >= 0.6 is 34.5 Å². The van der Waals surface area contributed by atoms with Gasteiger partial charge in [0.2, 0.25) is 10.0 Å². The third kappa shape index (κ3) is 4.75. The van der Waals surface area contributed by atoms with Crippen LogP contribution in [0.1, 0.15) is 10.4 Å². The van der Waals surface area contributed by atoms with Gasteiger partial charge in [-0.25, -0.2) is 13.1 Å². The molecule has 2 rings (SSSR count). The van der Waals surface area contributed by atoms with Gasteiger partial charge in [0.05, 0.1) is 5.75 Å². The first-order valence-electron chi connectivity index (χ1n) is 5.90. The van der Waals surface area contributed by atoms with Crippen molar-refractivity contribution in [1.29, 1.82) is 0 Å². The van der Waals surface area contributed by atoms with Gasteiger partial charge in [0, 0.05) is 21.5 Å². The van der Waals surface area contributed by atoms with Gasteiger partial charge < -0.3 is 0 Å². The molecule has 1 heterocycles. The number of nitrogens with one attached hydrogen (secondary N) is 1. The number of thiophene rings is 1. The molecular formula is C13H13Cl2NO2S2. The highest BCUT2D eigenvalue weighted by molar-refractivity contribution is 7.88. The molecule has 1 N–H and O–H groups in total. The van der Waals surface area contributed by atoms with Crippen LogP contribution in [0.3, 0.4) is 0 Å². The summed E-state index contributed by atoms with van der Waals surface area (Å²) in [5.74, 6) is -0.145. The monoisotopic (exact) mass is 349 g/mol. The zero-order valence-corrected chi connectivity index (χ0v) is 13.6. The lowest BCUT2D eigenvalue weighted by molar-refractivity contribution is 0.581. The van der Waals surface area contributed by atoms with E-state index in [1.165, 1.54) is 0 Å². The lowest BCUT2D eigenvalue weighted by Crippen LogP contribution is -2.27. The Morgan fingerprint density at radius 1 is 1.20 bits per heavy atom. The summed E-state index contributed by atoms with van der Waals surface area (Å²) >= 11 is 13.4. The van der Waals surface area contributed by atoms with Gasteiger partial charge in [0.1, 0.15) is 0 Å². The van der Waals surface area contributed by atoms with E-state index in [1.807, 2.05) is 17.5 Å². The molecule has 20 heavy (non-hydrogen) atoms. The van der Waals surface area contributed by atoms with Gasteiger partial charge >= 0.3 is 0 Å². The summed E-state index contributed by atoms with van der Waals surface area (Å²) in [6.07, 6.45) is 0.686. The van der Waals surface area contributed by atoms with Crippen LogP contribution < -0.4 is 4.72 Å². The van der Waals surface area contributed by atoms with Gasteiger partial charge in [0.25, 0.3) is 0 Å². The summed E-state index contributed by atoms with van der Waals surface area (Å²) in [6, 6.07) is 8.73. The largest absolute Gasteiger partial charge is 0.215 e. The van der Waals surface area contributed by atoms with Gasteiger partial charge in [-0.05, 0) is 35.6 Å². The topological polar surface area (TPSA) is 46.2 Å². The summed E-state index contributed by atoms with van der Waals surface area (Å²) in [5, 5.41) is 2.82. The molecule has 108 valence electrons. The Hall–Kier alpha value is -0.590. The van der Waals surface area contributed by atoms with Crippen molar-refractivity contribution >= 4 is 44.6 Å². The van der Waals surface area contributed by atoms with Crippen molar-refractivity contribution in [3.8, 4) is 0 Å². The van der Waals surface area contributed by atoms with E-state index in [4.69, 9.17) is 23.2 Å². The molecule has 0 aliphatic heterocycles. The second-order valence-electron chi connectivity index (χ2n) is 4.22. The summed E-state index contributed by atoms with van der Waals surface area (Å²) in [7, 11) is -3.40. The highest BCUT2D eigenvalue weighted by Gasteiger charge is 2.13. The van der Waals surface area contributed by atoms with Crippen LogP contribution in [0, 0.1) is 0 Å². The van der Waals surface area contributed by atoms with Gasteiger partial charge in [-0.1, -0.05) is 35.3 Å². The Kier molecular flexibility index (Phi) is 5.46. The fourth-order valence-electron chi connectivity index (χ4n) is 1.68. The third-order valence-corrected chi connectivity index (χ3v) is 5.49. The number of rotatable bonds is 6. The fourth-order valence-corrected chi connectivity index (χ4v) is 4.12. The molecule has 0 fully saturated rings. The lowest BCUT2D eigenvalue weighted by atomic mass is 10.2. The SMILES string of the molecule is O=S(=O)(Cc1ccc(Cl)cc1Cl)NCCc1cccs1. The summed E-state index contributed by atoms with van der Waals surface area (Å²) in [6.45, 7) is 0.383. The standard InChI is InChI=1S/C13H13Cl2NO2S2/c14-11-4-3-10(13(15)8-11)9-20(17,18)16-6-5-12-2-1-7-19-12/h1-4,7-8,16H,5-6,9H2. The predicted octanol–water partition coefficient (Wildman–Crippen LogP) is 3.72. The average molecular weight is 350 g/mol. The number of hydrogen-bond acceptors (Lipinski definition) is 3. The Labute approximate surface area is 132 Å². The normalized spacial score (nSPS) is 11.7. The lowest BCUT2D eigenvalue weighted by Gasteiger charge is -2.08. The molecule has 0 saturated carbocycles. The highest BCUT2D eigenvalue weighted by atomic mass is 35.5. The van der Waals surface area contributed by atoms with E-state index in [1.54, 1.807) is 29.5 Å². The maximum absolute atomic E-state index is 12.0. The van der Waals surface area contributed by atoms with Crippen LogP contribution in [-0.4, -0.2) is 15.0 Å². The Morgan fingerprint density at radius 3 is 2.65 bits per heavy atom. The van der Waals surface area contributed by atoms with Crippen LogP contribution in [0.25, 0.3) is 0 Å². The molecular weight excluding hydrogens is 337 g/mol. The maximum Gasteiger partial charge on any atom is 0.215 e. The first-order chi connectivity index (χ1) is 9.46. The van der Waals surface area contributed by atoms with Crippen LogP contribution in [0.15, 0.2) is 35.7 Å². The van der Waals surface area contributed by atoms with E-state index < -0.39 is 10.0 Å². The van der Waals surface area contributed by atoms with Crippen LogP contribution in [0.2, 0.25) is 10.0 Å². The molecule has 0 amide bonds. The van der Waals surface area contributed by atoms with E-state index >= 15 is 0 Å². The van der Waals surface area contributed by atoms with Gasteiger partial charge in [-0.15, -0.1) is 11.3 Å². The van der Waals surface area contributed by atoms with Crippen molar-refractivity contribution in [3.05, 3.63) is 56.2 Å². The molecule has 0 spiro atoms. The van der Waals surface area contributed by atoms with E-state index in [-0.39, 0.29) is 5.75 Å². The molecule has 0 saturated heterocycles. The molecule has 0 radical (unpaired) electrons. The Morgan fingerprint density at radius 2 is 2.00 bits per heavy atom. The van der Waals surface area contributed by atoms with E-state index in [0.717, 1.165) is 4.88 Å². The molecule has 2 aromatic rings. The minimum atomic E-state index is -3.40. The van der Waals surface area contributed by atoms with Crippen LogP contribution in [0.4, 0.5) is 0 Å². The second-order valence-corrected chi connectivity index (χ2v) is 7.90. The Bertz CT molecular complexity index is 670. The van der Waals surface area contributed by atoms with Crippen LogP contribution in [-0.2, 0) is 22.2 Å². The summed E-state index contributed by atoms with van der Waals surface area (Å²) in [4.78, 5) is 1.15. The molecule has 1 aromatic carbocycles. The minimum Gasteiger partial charge on any atom is -0.215 e. The smallest absolute Gasteiger partial charge is 0.215 e. The van der Waals surface area contributed by atoms with Crippen molar-refractivity contribution < 1.29 is 8.42 Å². The zero-order valence-electron chi connectivity index (χ0n) is 10.5. The molecule has 0 aliphatic rings. The molecule has 0 aliphatic carbocycles. The zero-order chi connectivity index (χ0) is 14.6. The van der Waals surface area contributed by atoms with Gasteiger partial charge in [0.15, 0.2) is 0 Å². The van der Waals surface area contributed by atoms with E-state index in [0.29, 0.717) is 28.6 Å². The summed E-state index contributed by atoms with van der Waals surface area (Å²) < 4.78 is 26.5. The molecule has 3 nitrogen and oxygen atoms in total. The number of benzene rings is 1. The molecule has 1 aromatic heterocycles. The Balaban J connectivity index is 1.93. The first-order valence-corrected chi connectivity index (χ1v) is 9.19. The number of halogens is 2. The highest BCUT2D eigenvalue weighted by Crippen LogP contribution is 2.22. The molecule has 0 bridgehead atoms. The van der Waals surface area contributed by atoms with Crippen molar-refractivity contribution in [2.45, 2.75) is 12.2 Å².